The Balaban J connectivity index is 1.98. The molecule has 2 heterocycles. The lowest BCUT2D eigenvalue weighted by Crippen LogP contribution is -2.44. The maximum atomic E-state index is 11.0. The van der Waals surface area contributed by atoms with E-state index in [1.165, 1.54) is 30.6 Å². The summed E-state index contributed by atoms with van der Waals surface area (Å²) in [5.41, 5.74) is 0.646. The Bertz CT molecular complexity index is 448. The van der Waals surface area contributed by atoms with Gasteiger partial charge in [0.15, 0.2) is 0 Å². The van der Waals surface area contributed by atoms with Gasteiger partial charge in [0.05, 0.1) is 10.7 Å². The van der Waals surface area contributed by atoms with E-state index < -0.39 is 5.97 Å². The molecule has 0 bridgehead atoms. The molecule has 0 saturated carbocycles. The number of piperidine rings is 1. The SMILES string of the molecule is Cc1nc(CCN2C(C)CCCC2C)sc1C(=O)O. The third kappa shape index (κ3) is 3.34. The molecule has 1 aromatic rings. The van der Waals surface area contributed by atoms with Gasteiger partial charge in [-0.25, -0.2) is 9.78 Å². The first-order valence-electron chi connectivity index (χ1n) is 6.94. The van der Waals surface area contributed by atoms with Crippen molar-refractivity contribution in [2.45, 2.75) is 58.5 Å². The molecule has 106 valence electrons. The number of aromatic carboxylic acids is 1. The maximum Gasteiger partial charge on any atom is 0.347 e. The van der Waals surface area contributed by atoms with E-state index in [4.69, 9.17) is 5.11 Å². The van der Waals surface area contributed by atoms with Crippen LogP contribution < -0.4 is 0 Å². The number of rotatable bonds is 4. The van der Waals surface area contributed by atoms with Gasteiger partial charge in [0.2, 0.25) is 0 Å². The molecule has 1 aliphatic heterocycles. The van der Waals surface area contributed by atoms with Crippen LogP contribution in [0, 0.1) is 6.92 Å². The minimum absolute atomic E-state index is 0.384. The van der Waals surface area contributed by atoms with Gasteiger partial charge < -0.3 is 5.11 Å². The molecule has 5 heteroatoms. The molecule has 1 aliphatic rings. The van der Waals surface area contributed by atoms with Crippen molar-refractivity contribution in [3.05, 3.63) is 15.6 Å². The maximum absolute atomic E-state index is 11.0. The second kappa shape index (κ2) is 6.01. The fourth-order valence-corrected chi connectivity index (χ4v) is 3.79. The third-order valence-corrected chi connectivity index (χ3v) is 5.20. The zero-order valence-corrected chi connectivity index (χ0v) is 12.7. The van der Waals surface area contributed by atoms with E-state index in [0.717, 1.165) is 18.0 Å². The van der Waals surface area contributed by atoms with Crippen LogP contribution in [0.3, 0.4) is 0 Å². The van der Waals surface area contributed by atoms with Gasteiger partial charge in [0, 0.05) is 25.0 Å². The number of thiazole rings is 1. The Hall–Kier alpha value is -0.940. The minimum Gasteiger partial charge on any atom is -0.477 e. The number of carbonyl (C=O) groups is 1. The van der Waals surface area contributed by atoms with Gasteiger partial charge >= 0.3 is 5.97 Å². The number of carboxylic acids is 1. The van der Waals surface area contributed by atoms with Gasteiger partial charge in [-0.2, -0.15) is 0 Å². The summed E-state index contributed by atoms with van der Waals surface area (Å²) in [5.74, 6) is -0.860. The van der Waals surface area contributed by atoms with Crippen LogP contribution in [0.4, 0.5) is 0 Å². The van der Waals surface area contributed by atoms with Crippen molar-refractivity contribution in [1.82, 2.24) is 9.88 Å². The van der Waals surface area contributed by atoms with Crippen molar-refractivity contribution in [2.24, 2.45) is 0 Å². The Labute approximate surface area is 118 Å². The van der Waals surface area contributed by atoms with Crippen molar-refractivity contribution in [3.8, 4) is 0 Å². The van der Waals surface area contributed by atoms with Gasteiger partial charge in [-0.1, -0.05) is 6.42 Å². The standard InChI is InChI=1S/C14H22N2O2S/c1-9-5-4-6-10(2)16(9)8-7-12-15-11(3)13(19-12)14(17)18/h9-10H,4-8H2,1-3H3,(H,17,18). The van der Waals surface area contributed by atoms with Crippen molar-refractivity contribution >= 4 is 17.3 Å². The molecule has 1 saturated heterocycles. The average Bonchev–Trinajstić information content (AvgIpc) is 2.70. The highest BCUT2D eigenvalue weighted by atomic mass is 32.1. The molecule has 1 aromatic heterocycles. The second-order valence-electron chi connectivity index (χ2n) is 5.44. The monoisotopic (exact) mass is 282 g/mol. The van der Waals surface area contributed by atoms with Gasteiger partial charge in [0.1, 0.15) is 4.88 Å². The fourth-order valence-electron chi connectivity index (χ4n) is 2.90. The lowest BCUT2D eigenvalue weighted by atomic mass is 9.97. The van der Waals surface area contributed by atoms with Gasteiger partial charge in [0.25, 0.3) is 0 Å². The van der Waals surface area contributed by atoms with E-state index in [-0.39, 0.29) is 0 Å². The predicted octanol–water partition coefficient (Wildman–Crippen LogP) is 2.96. The van der Waals surface area contributed by atoms with Crippen LogP contribution in [0.5, 0.6) is 0 Å². The quantitative estimate of drug-likeness (QED) is 0.922. The molecule has 1 fully saturated rings. The normalized spacial score (nSPS) is 24.6. The summed E-state index contributed by atoms with van der Waals surface area (Å²) in [7, 11) is 0. The second-order valence-corrected chi connectivity index (χ2v) is 6.53. The highest BCUT2D eigenvalue weighted by Gasteiger charge is 2.24. The van der Waals surface area contributed by atoms with E-state index in [1.54, 1.807) is 6.92 Å². The number of aromatic nitrogens is 1. The highest BCUT2D eigenvalue weighted by molar-refractivity contribution is 7.13. The molecular weight excluding hydrogens is 260 g/mol. The van der Waals surface area contributed by atoms with E-state index >= 15 is 0 Å². The zero-order chi connectivity index (χ0) is 14.0. The zero-order valence-electron chi connectivity index (χ0n) is 11.8. The Kier molecular flexibility index (Phi) is 4.58. The summed E-state index contributed by atoms with van der Waals surface area (Å²) < 4.78 is 0. The Morgan fingerprint density at radius 2 is 2.05 bits per heavy atom. The smallest absolute Gasteiger partial charge is 0.347 e. The predicted molar refractivity (Wildman–Crippen MR) is 77.0 cm³/mol. The molecule has 0 amide bonds. The topological polar surface area (TPSA) is 53.4 Å². The molecule has 2 atom stereocenters. The molecule has 0 radical (unpaired) electrons. The average molecular weight is 282 g/mol. The van der Waals surface area contributed by atoms with Crippen molar-refractivity contribution < 1.29 is 9.90 Å². The highest BCUT2D eigenvalue weighted by Crippen LogP contribution is 2.24. The van der Waals surface area contributed by atoms with E-state index in [9.17, 15) is 4.79 Å². The van der Waals surface area contributed by atoms with Crippen LogP contribution in [-0.4, -0.2) is 39.6 Å². The molecule has 19 heavy (non-hydrogen) atoms. The number of carboxylic acid groups (broad SMARTS) is 1. The number of hydrogen-bond donors (Lipinski definition) is 1. The van der Waals surface area contributed by atoms with Crippen molar-refractivity contribution in [2.75, 3.05) is 6.54 Å². The first-order chi connectivity index (χ1) is 8.99. The number of aryl methyl sites for hydroxylation is 1. The molecule has 2 unspecified atom stereocenters. The van der Waals surface area contributed by atoms with Crippen LogP contribution in [0.2, 0.25) is 0 Å². The molecular formula is C14H22N2O2S. The summed E-state index contributed by atoms with van der Waals surface area (Å²) in [6.45, 7) is 7.32. The first kappa shape index (κ1) is 14.5. The molecule has 0 aliphatic carbocycles. The first-order valence-corrected chi connectivity index (χ1v) is 7.76. The van der Waals surface area contributed by atoms with Gasteiger partial charge in [-0.3, -0.25) is 4.90 Å². The molecule has 0 aromatic carbocycles. The van der Waals surface area contributed by atoms with Crippen LogP contribution in [0.15, 0.2) is 0 Å². The minimum atomic E-state index is -0.860. The summed E-state index contributed by atoms with van der Waals surface area (Å²) in [5, 5.41) is 9.98. The summed E-state index contributed by atoms with van der Waals surface area (Å²) in [6, 6.07) is 1.26. The van der Waals surface area contributed by atoms with Crippen LogP contribution in [0.25, 0.3) is 0 Å². The van der Waals surface area contributed by atoms with E-state index in [0.29, 0.717) is 22.7 Å². The van der Waals surface area contributed by atoms with Crippen molar-refractivity contribution in [1.29, 1.82) is 0 Å². The lowest BCUT2D eigenvalue weighted by molar-refractivity contribution is 0.0701. The number of likely N-dealkylation sites (tertiary alicyclic amines) is 1. The van der Waals surface area contributed by atoms with Crippen LogP contribution >= 0.6 is 11.3 Å². The van der Waals surface area contributed by atoms with E-state index in [2.05, 4.69) is 23.7 Å². The molecule has 1 N–H and O–H groups in total. The summed E-state index contributed by atoms with van der Waals surface area (Å²) in [4.78, 5) is 18.3. The molecule has 2 rings (SSSR count). The largest absolute Gasteiger partial charge is 0.477 e. The molecule has 4 nitrogen and oxygen atoms in total. The summed E-state index contributed by atoms with van der Waals surface area (Å²) in [6.07, 6.45) is 4.70. The van der Waals surface area contributed by atoms with Crippen LogP contribution in [0.1, 0.15) is 53.5 Å². The Morgan fingerprint density at radius 3 is 2.58 bits per heavy atom. The van der Waals surface area contributed by atoms with Crippen LogP contribution in [-0.2, 0) is 6.42 Å². The Morgan fingerprint density at radius 1 is 1.42 bits per heavy atom. The number of nitrogens with zero attached hydrogens (tertiary/aromatic N) is 2. The van der Waals surface area contributed by atoms with Gasteiger partial charge in [-0.15, -0.1) is 11.3 Å². The molecule has 0 spiro atoms. The fraction of sp³-hybridized carbons (Fsp3) is 0.714. The van der Waals surface area contributed by atoms with E-state index in [1.807, 2.05) is 0 Å². The lowest BCUT2D eigenvalue weighted by Gasteiger charge is -2.38. The van der Waals surface area contributed by atoms with Crippen molar-refractivity contribution in [3.63, 3.8) is 0 Å². The van der Waals surface area contributed by atoms with Gasteiger partial charge in [-0.05, 0) is 33.6 Å². The number of hydrogen-bond acceptors (Lipinski definition) is 4. The third-order valence-electron chi connectivity index (χ3n) is 4.00. The summed E-state index contributed by atoms with van der Waals surface area (Å²) >= 11 is 1.32.